The van der Waals surface area contributed by atoms with E-state index in [2.05, 4.69) is 9.97 Å². The van der Waals surface area contributed by atoms with Gasteiger partial charge in [0.05, 0.1) is 18.0 Å². The summed E-state index contributed by atoms with van der Waals surface area (Å²) >= 11 is 5.99. The molecule has 0 spiro atoms. The van der Waals surface area contributed by atoms with Gasteiger partial charge in [-0.1, -0.05) is 11.6 Å². The standard InChI is InChI=1S/C11H12ClN3O4/c12-5-1-2-13-10-7(5)14-4-15(10)11-9(18)8(17)6(3-16)19-11/h1-2,4,6,8-9,11,16-18H,3H2/t6-,8-,9-,11-/m1/s1. The van der Waals surface area contributed by atoms with Gasteiger partial charge >= 0.3 is 0 Å². The topological polar surface area (TPSA) is 101 Å². The van der Waals surface area contributed by atoms with Crippen LogP contribution < -0.4 is 0 Å². The fraction of sp³-hybridized carbons (Fsp3) is 0.455. The summed E-state index contributed by atoms with van der Waals surface area (Å²) in [6, 6.07) is 1.61. The molecule has 0 aromatic carbocycles. The molecule has 0 amide bonds. The molecule has 0 radical (unpaired) electrons. The van der Waals surface area contributed by atoms with Crippen molar-refractivity contribution in [1.29, 1.82) is 0 Å². The van der Waals surface area contributed by atoms with Crippen LogP contribution in [0.25, 0.3) is 11.2 Å². The molecule has 0 unspecified atom stereocenters. The van der Waals surface area contributed by atoms with Crippen molar-refractivity contribution in [2.75, 3.05) is 6.61 Å². The number of hydrogen-bond acceptors (Lipinski definition) is 6. The fourth-order valence-corrected chi connectivity index (χ4v) is 2.39. The van der Waals surface area contributed by atoms with Gasteiger partial charge in [0.1, 0.15) is 23.8 Å². The maximum absolute atomic E-state index is 9.96. The molecule has 4 atom stereocenters. The molecule has 3 heterocycles. The second kappa shape index (κ2) is 4.69. The van der Waals surface area contributed by atoms with Crippen molar-refractivity contribution in [3.63, 3.8) is 0 Å². The zero-order chi connectivity index (χ0) is 13.6. The Kier molecular flexibility index (Phi) is 3.15. The van der Waals surface area contributed by atoms with Crippen molar-refractivity contribution in [3.8, 4) is 0 Å². The molecule has 102 valence electrons. The second-order valence-electron chi connectivity index (χ2n) is 4.35. The third kappa shape index (κ3) is 1.90. The highest BCUT2D eigenvalue weighted by Crippen LogP contribution is 2.32. The highest BCUT2D eigenvalue weighted by atomic mass is 35.5. The summed E-state index contributed by atoms with van der Waals surface area (Å²) < 4.78 is 6.91. The largest absolute Gasteiger partial charge is 0.394 e. The van der Waals surface area contributed by atoms with Crippen LogP contribution in [-0.2, 0) is 4.74 Å². The molecule has 2 aromatic heterocycles. The number of rotatable bonds is 2. The zero-order valence-electron chi connectivity index (χ0n) is 9.72. The quantitative estimate of drug-likeness (QED) is 0.700. The third-order valence-corrected chi connectivity index (χ3v) is 3.51. The maximum Gasteiger partial charge on any atom is 0.165 e. The summed E-state index contributed by atoms with van der Waals surface area (Å²) in [4.78, 5) is 8.24. The van der Waals surface area contributed by atoms with Crippen LogP contribution in [0.2, 0.25) is 5.02 Å². The van der Waals surface area contributed by atoms with Crippen LogP contribution in [0.15, 0.2) is 18.6 Å². The Morgan fingerprint density at radius 2 is 2.11 bits per heavy atom. The van der Waals surface area contributed by atoms with E-state index in [0.29, 0.717) is 16.2 Å². The Hall–Kier alpha value is -1.25. The summed E-state index contributed by atoms with van der Waals surface area (Å²) in [6.45, 7) is -0.379. The lowest BCUT2D eigenvalue weighted by molar-refractivity contribution is -0.0511. The summed E-state index contributed by atoms with van der Waals surface area (Å²) in [7, 11) is 0. The predicted molar refractivity (Wildman–Crippen MR) is 65.5 cm³/mol. The van der Waals surface area contributed by atoms with Crippen LogP contribution in [0.1, 0.15) is 6.23 Å². The van der Waals surface area contributed by atoms with E-state index in [-0.39, 0.29) is 6.61 Å². The second-order valence-corrected chi connectivity index (χ2v) is 4.75. The number of pyridine rings is 1. The Balaban J connectivity index is 2.04. The first kappa shape index (κ1) is 12.8. The summed E-state index contributed by atoms with van der Waals surface area (Å²) in [5, 5.41) is 29.2. The van der Waals surface area contributed by atoms with Crippen molar-refractivity contribution in [3.05, 3.63) is 23.6 Å². The molecule has 0 saturated carbocycles. The molecule has 8 heteroatoms. The highest BCUT2D eigenvalue weighted by molar-refractivity contribution is 6.34. The molecular formula is C11H12ClN3O4. The first-order chi connectivity index (χ1) is 9.13. The SMILES string of the molecule is OC[C@H]1O[C@@H](n2cnc3c(Cl)ccnc32)[C@H](O)[C@@H]1O. The molecular weight excluding hydrogens is 274 g/mol. The normalized spacial score (nSPS) is 31.2. The summed E-state index contributed by atoms with van der Waals surface area (Å²) in [6.07, 6.45) is -1.07. The Morgan fingerprint density at radius 1 is 1.32 bits per heavy atom. The molecule has 0 aliphatic carbocycles. The lowest BCUT2D eigenvalue weighted by Gasteiger charge is -2.16. The molecule has 3 N–H and O–H groups in total. The van der Waals surface area contributed by atoms with Crippen molar-refractivity contribution in [2.45, 2.75) is 24.5 Å². The third-order valence-electron chi connectivity index (χ3n) is 3.20. The number of aliphatic hydroxyl groups is 3. The molecule has 1 aliphatic rings. The Bertz CT molecular complexity index is 605. The van der Waals surface area contributed by atoms with Crippen LogP contribution >= 0.6 is 11.6 Å². The maximum atomic E-state index is 9.96. The lowest BCUT2D eigenvalue weighted by atomic mass is 10.1. The molecule has 1 saturated heterocycles. The van der Waals surface area contributed by atoms with E-state index in [1.165, 1.54) is 17.1 Å². The fourth-order valence-electron chi connectivity index (χ4n) is 2.20. The highest BCUT2D eigenvalue weighted by Gasteiger charge is 2.43. The van der Waals surface area contributed by atoms with E-state index >= 15 is 0 Å². The number of aromatic nitrogens is 3. The minimum atomic E-state index is -1.17. The minimum Gasteiger partial charge on any atom is -0.394 e. The summed E-state index contributed by atoms with van der Waals surface area (Å²) in [5.41, 5.74) is 0.934. The Labute approximate surface area is 113 Å². The van der Waals surface area contributed by atoms with Gasteiger partial charge in [-0.25, -0.2) is 9.97 Å². The number of aliphatic hydroxyl groups excluding tert-OH is 3. The van der Waals surface area contributed by atoms with E-state index in [9.17, 15) is 10.2 Å². The van der Waals surface area contributed by atoms with Crippen molar-refractivity contribution in [1.82, 2.24) is 14.5 Å². The van der Waals surface area contributed by atoms with E-state index in [1.807, 2.05) is 0 Å². The number of ether oxygens (including phenoxy) is 1. The van der Waals surface area contributed by atoms with E-state index in [4.69, 9.17) is 21.4 Å². The molecule has 1 aliphatic heterocycles. The molecule has 7 nitrogen and oxygen atoms in total. The average molecular weight is 286 g/mol. The van der Waals surface area contributed by atoms with Gasteiger partial charge in [-0.15, -0.1) is 0 Å². The number of hydrogen-bond donors (Lipinski definition) is 3. The number of halogens is 1. The number of fused-ring (bicyclic) bond motifs is 1. The van der Waals surface area contributed by atoms with Crippen molar-refractivity contribution >= 4 is 22.8 Å². The van der Waals surface area contributed by atoms with Gasteiger partial charge in [0, 0.05) is 6.20 Å². The van der Waals surface area contributed by atoms with Crippen molar-refractivity contribution < 1.29 is 20.1 Å². The summed E-state index contributed by atoms with van der Waals surface area (Å²) in [5.74, 6) is 0. The predicted octanol–water partition coefficient (Wildman–Crippen LogP) is -0.304. The van der Waals surface area contributed by atoms with E-state index in [1.54, 1.807) is 6.07 Å². The minimum absolute atomic E-state index is 0.379. The zero-order valence-corrected chi connectivity index (χ0v) is 10.5. The molecule has 19 heavy (non-hydrogen) atoms. The van der Waals surface area contributed by atoms with E-state index in [0.717, 1.165) is 0 Å². The van der Waals surface area contributed by atoms with Gasteiger partial charge in [-0.3, -0.25) is 4.57 Å². The van der Waals surface area contributed by atoms with Gasteiger partial charge in [0.2, 0.25) is 0 Å². The first-order valence-corrected chi connectivity index (χ1v) is 6.10. The van der Waals surface area contributed by atoms with Crippen LogP contribution in [-0.4, -0.2) is 54.8 Å². The van der Waals surface area contributed by atoms with Gasteiger partial charge in [-0.2, -0.15) is 0 Å². The smallest absolute Gasteiger partial charge is 0.165 e. The molecule has 3 rings (SSSR count). The number of imidazole rings is 1. The van der Waals surface area contributed by atoms with Gasteiger partial charge < -0.3 is 20.1 Å². The van der Waals surface area contributed by atoms with E-state index < -0.39 is 24.5 Å². The van der Waals surface area contributed by atoms with Crippen molar-refractivity contribution in [2.24, 2.45) is 0 Å². The van der Waals surface area contributed by atoms with Crippen LogP contribution in [0.3, 0.4) is 0 Å². The van der Waals surface area contributed by atoms with Gasteiger partial charge in [-0.05, 0) is 6.07 Å². The van der Waals surface area contributed by atoms with Crippen LogP contribution in [0.4, 0.5) is 0 Å². The van der Waals surface area contributed by atoms with Gasteiger partial charge in [0.15, 0.2) is 11.9 Å². The monoisotopic (exact) mass is 285 g/mol. The lowest BCUT2D eigenvalue weighted by Crippen LogP contribution is -2.33. The number of nitrogens with zero attached hydrogens (tertiary/aromatic N) is 3. The first-order valence-electron chi connectivity index (χ1n) is 5.73. The molecule has 0 bridgehead atoms. The van der Waals surface area contributed by atoms with Crippen LogP contribution in [0, 0.1) is 0 Å². The molecule has 2 aromatic rings. The molecule has 1 fully saturated rings. The van der Waals surface area contributed by atoms with Gasteiger partial charge in [0.25, 0.3) is 0 Å². The average Bonchev–Trinajstić information content (AvgIpc) is 2.94. The Morgan fingerprint density at radius 3 is 2.79 bits per heavy atom. The van der Waals surface area contributed by atoms with Crippen LogP contribution in [0.5, 0.6) is 0 Å².